The molecule has 4 heteroatoms. The predicted octanol–water partition coefficient (Wildman–Crippen LogP) is -1.14. The van der Waals surface area contributed by atoms with Crippen molar-refractivity contribution in [1.29, 1.82) is 0 Å². The van der Waals surface area contributed by atoms with E-state index in [0.29, 0.717) is 0 Å². The zero-order valence-electron chi connectivity index (χ0n) is 2.23. The van der Waals surface area contributed by atoms with E-state index in [1.807, 2.05) is 0 Å². The third-order valence-electron chi connectivity index (χ3n) is 0. The van der Waals surface area contributed by atoms with E-state index in [9.17, 15) is 0 Å². The van der Waals surface area contributed by atoms with Crippen LogP contribution in [0.5, 0.6) is 0 Å². The molecule has 0 saturated heterocycles. The van der Waals surface area contributed by atoms with Crippen molar-refractivity contribution in [3.8, 4) is 0 Å². The van der Waals surface area contributed by atoms with Gasteiger partial charge in [-0.2, -0.15) is 0 Å². The van der Waals surface area contributed by atoms with E-state index in [4.69, 9.17) is 0 Å². The van der Waals surface area contributed by atoms with Gasteiger partial charge in [0.2, 0.25) is 0 Å². The second kappa shape index (κ2) is 16.7. The molecule has 0 unspecified atom stereocenters. The van der Waals surface area contributed by atoms with Gasteiger partial charge >= 0.3 is 0 Å². The van der Waals surface area contributed by atoms with Gasteiger partial charge in [-0.3, -0.25) is 0 Å². The van der Waals surface area contributed by atoms with Crippen LogP contribution < -0.4 is 0 Å². The Hall–Kier alpha value is 2.96. The van der Waals surface area contributed by atoms with Crippen LogP contribution in [-0.4, -0.2) is 59.4 Å². The minimum absolute atomic E-state index is 0. The van der Waals surface area contributed by atoms with Crippen molar-refractivity contribution in [2.24, 2.45) is 0 Å². The normalized spacial score (nSPS) is 0. The van der Waals surface area contributed by atoms with Crippen LogP contribution in [0.3, 0.4) is 0 Å². The minimum Gasteiger partial charge on any atom is 0 e. The molecule has 0 aromatic rings. The van der Waals surface area contributed by atoms with Crippen molar-refractivity contribution in [2.45, 2.75) is 0 Å². The molecule has 0 aliphatic rings. The Balaban J connectivity index is 0. The molecule has 0 nitrogen and oxygen atoms in total. The number of rotatable bonds is 0. The Kier molecular flexibility index (Phi) is 118. The van der Waals surface area contributed by atoms with E-state index < -0.39 is 0 Å². The summed E-state index contributed by atoms with van der Waals surface area (Å²) in [5, 5.41) is 0. The average molecular weight is 447 g/mol. The molecule has 0 heterocycles. The Labute approximate surface area is 88.8 Å². The van der Waals surface area contributed by atoms with Crippen molar-refractivity contribution in [3.05, 3.63) is 0 Å². The van der Waals surface area contributed by atoms with E-state index in [1.54, 1.807) is 0 Å². The monoisotopic (exact) mass is 445 g/mol. The van der Waals surface area contributed by atoms with Crippen molar-refractivity contribution < 1.29 is 31.1 Å². The van der Waals surface area contributed by atoms with Gasteiger partial charge in [0, 0.05) is 90.5 Å². The van der Waals surface area contributed by atoms with Gasteiger partial charge in [0.05, 0.1) is 0 Å². The first-order chi connectivity index (χ1) is 0. The molecule has 0 rings (SSSR count). The van der Waals surface area contributed by atoms with Crippen molar-refractivity contribution in [2.75, 3.05) is 0 Å². The maximum absolute atomic E-state index is 0. The van der Waals surface area contributed by atoms with Crippen LogP contribution in [0.2, 0.25) is 0 Å². The molecule has 0 saturated carbocycles. The van der Waals surface area contributed by atoms with E-state index in [-0.39, 0.29) is 90.5 Å². The van der Waals surface area contributed by atoms with Crippen LogP contribution in [0.15, 0.2) is 0 Å². The molecular formula is Ga3U. The van der Waals surface area contributed by atoms with Gasteiger partial charge in [-0.1, -0.05) is 0 Å². The van der Waals surface area contributed by atoms with Crippen LogP contribution in [-0.2, 0) is 0 Å². The largest absolute Gasteiger partial charge is 0 e. The van der Waals surface area contributed by atoms with Crippen LogP contribution in [0.4, 0.5) is 0 Å². The van der Waals surface area contributed by atoms with Crippen LogP contribution >= 0.6 is 0 Å². The molecule has 0 N–H and O–H groups in total. The Morgan fingerprint density at radius 3 is 0.500 bits per heavy atom. The molecule has 13 valence electrons. The first-order valence-electron chi connectivity index (χ1n) is 0. The van der Waals surface area contributed by atoms with Crippen molar-refractivity contribution in [1.82, 2.24) is 0 Å². The molecule has 0 aromatic carbocycles. The molecular weight excluding hydrogens is 447 g/mol. The van der Waals surface area contributed by atoms with Crippen LogP contribution in [0.25, 0.3) is 0 Å². The quantitative estimate of drug-likeness (QED) is 0.412. The Morgan fingerprint density at radius 1 is 0.500 bits per heavy atom. The summed E-state index contributed by atoms with van der Waals surface area (Å²) in [5.74, 6) is 0. The smallest absolute Gasteiger partial charge is 0 e. The fourth-order valence-electron chi connectivity index (χ4n) is 0. The fourth-order valence-corrected chi connectivity index (χ4v) is 0. The zero-order chi connectivity index (χ0) is 0. The van der Waals surface area contributed by atoms with E-state index in [0.717, 1.165) is 0 Å². The molecule has 0 aromatic heterocycles. The van der Waals surface area contributed by atoms with E-state index in [2.05, 4.69) is 0 Å². The van der Waals surface area contributed by atoms with Gasteiger partial charge in [0.1, 0.15) is 0 Å². The molecule has 4 heavy (non-hydrogen) atoms. The number of hydrogen-bond donors (Lipinski definition) is 0. The third-order valence-corrected chi connectivity index (χ3v) is 0. The summed E-state index contributed by atoms with van der Waals surface area (Å²) in [5.41, 5.74) is 0. The molecule has 9 radical (unpaired) electrons. The van der Waals surface area contributed by atoms with Crippen LogP contribution in [0, 0.1) is 31.1 Å². The summed E-state index contributed by atoms with van der Waals surface area (Å²) in [4.78, 5) is 0. The molecule has 0 atom stereocenters. The standard InChI is InChI=1S/3Ga.U. The first kappa shape index (κ1) is 28.2. The Bertz CT molecular complexity index is 3.25. The fraction of sp³-hybridized carbons (Fsp3) is 0. The maximum atomic E-state index is 0. The summed E-state index contributed by atoms with van der Waals surface area (Å²) < 4.78 is 0. The minimum atomic E-state index is 0. The number of hydrogen-bond acceptors (Lipinski definition) is 0. The van der Waals surface area contributed by atoms with Gasteiger partial charge in [0.15, 0.2) is 0 Å². The molecule has 0 amide bonds. The Morgan fingerprint density at radius 2 is 0.500 bits per heavy atom. The summed E-state index contributed by atoms with van der Waals surface area (Å²) >= 11 is 0. The van der Waals surface area contributed by atoms with Crippen LogP contribution in [0.1, 0.15) is 0 Å². The topological polar surface area (TPSA) is 0 Å². The maximum Gasteiger partial charge on any atom is 0 e. The van der Waals surface area contributed by atoms with Gasteiger partial charge in [-0.15, -0.1) is 0 Å². The molecule has 0 aliphatic heterocycles. The summed E-state index contributed by atoms with van der Waals surface area (Å²) in [7, 11) is 0. The molecule has 0 fully saturated rings. The van der Waals surface area contributed by atoms with Crippen molar-refractivity contribution in [3.63, 3.8) is 0 Å². The SMILES string of the molecule is [Ga].[Ga].[Ga].[U]. The average Bonchev–Trinajstić information content (AvgIpc) is 0. The van der Waals surface area contributed by atoms with Gasteiger partial charge in [0.25, 0.3) is 0 Å². The molecule has 0 bridgehead atoms. The van der Waals surface area contributed by atoms with E-state index in [1.165, 1.54) is 0 Å². The predicted molar refractivity (Wildman–Crippen MR) is 17.3 cm³/mol. The third kappa shape index (κ3) is 8.88. The van der Waals surface area contributed by atoms with Gasteiger partial charge < -0.3 is 0 Å². The zero-order valence-corrected chi connectivity index (χ0v) is 13.7. The van der Waals surface area contributed by atoms with Gasteiger partial charge in [-0.25, -0.2) is 0 Å². The second-order valence-corrected chi connectivity index (χ2v) is 0. The van der Waals surface area contributed by atoms with Gasteiger partial charge in [-0.05, 0) is 0 Å². The molecule has 0 aliphatic carbocycles. The summed E-state index contributed by atoms with van der Waals surface area (Å²) in [6.07, 6.45) is 0. The van der Waals surface area contributed by atoms with E-state index >= 15 is 0 Å². The second-order valence-electron chi connectivity index (χ2n) is 0. The summed E-state index contributed by atoms with van der Waals surface area (Å²) in [6.45, 7) is 0. The van der Waals surface area contributed by atoms with Crippen molar-refractivity contribution >= 4 is 59.4 Å². The first-order valence-corrected chi connectivity index (χ1v) is 0. The molecule has 0 spiro atoms. The summed E-state index contributed by atoms with van der Waals surface area (Å²) in [6, 6.07) is 0.